The maximum absolute atomic E-state index is 11.1. The zero-order valence-corrected chi connectivity index (χ0v) is 13.0. The Kier molecular flexibility index (Phi) is 4.23. The van der Waals surface area contributed by atoms with Gasteiger partial charge in [-0.15, -0.1) is 10.0 Å². The fourth-order valence-corrected chi connectivity index (χ4v) is 2.61. The second kappa shape index (κ2) is 6.48. The van der Waals surface area contributed by atoms with Crippen LogP contribution in [0.1, 0.15) is 23.6 Å². The molecule has 1 atom stereocenters. The van der Waals surface area contributed by atoms with Gasteiger partial charge in [0, 0.05) is 6.42 Å². The van der Waals surface area contributed by atoms with Crippen molar-refractivity contribution in [3.8, 4) is 11.5 Å². The molecule has 0 aliphatic carbocycles. The lowest BCUT2D eigenvalue weighted by Gasteiger charge is -2.15. The van der Waals surface area contributed by atoms with Crippen LogP contribution in [0.2, 0.25) is 0 Å². The Bertz CT molecular complexity index is 711. The van der Waals surface area contributed by atoms with Gasteiger partial charge in [-0.1, -0.05) is 12.1 Å². The number of methoxy groups -OCH3 is 2. The fourth-order valence-electron chi connectivity index (χ4n) is 2.61. The average molecular weight is 311 g/mol. The van der Waals surface area contributed by atoms with E-state index in [1.54, 1.807) is 14.2 Å². The normalized spacial score (nSPS) is 16.9. The molecule has 1 aliphatic rings. The summed E-state index contributed by atoms with van der Waals surface area (Å²) in [5, 5.41) is 8.59. The first-order chi connectivity index (χ1) is 11.2. The van der Waals surface area contributed by atoms with Gasteiger partial charge >= 0.3 is 0 Å². The quantitative estimate of drug-likeness (QED) is 0.792. The van der Waals surface area contributed by atoms with Crippen molar-refractivity contribution in [3.05, 3.63) is 64.6 Å². The van der Waals surface area contributed by atoms with Crippen LogP contribution in [0.5, 0.6) is 11.5 Å². The van der Waals surface area contributed by atoms with Gasteiger partial charge < -0.3 is 9.47 Å². The van der Waals surface area contributed by atoms with E-state index >= 15 is 0 Å². The van der Waals surface area contributed by atoms with Crippen LogP contribution in [0, 0.1) is 4.91 Å². The van der Waals surface area contributed by atoms with Crippen LogP contribution in [0.4, 0.5) is 0 Å². The number of rotatable bonds is 5. The predicted molar refractivity (Wildman–Crippen MR) is 87.5 cm³/mol. The summed E-state index contributed by atoms with van der Waals surface area (Å²) in [5.41, 5.74) is 2.75. The van der Waals surface area contributed by atoms with Gasteiger partial charge in [0.15, 0.2) is 0 Å². The Morgan fingerprint density at radius 2 is 1.57 bits per heavy atom. The highest BCUT2D eigenvalue weighted by molar-refractivity contribution is 6.01. The Morgan fingerprint density at radius 1 is 1.00 bits per heavy atom. The second-order valence-electron chi connectivity index (χ2n) is 5.17. The Balaban J connectivity index is 1.83. The van der Waals surface area contributed by atoms with Crippen LogP contribution >= 0.6 is 0 Å². The number of hydrogen-bond acceptors (Lipinski definition) is 5. The maximum Gasteiger partial charge on any atom is 0.118 e. The zero-order valence-electron chi connectivity index (χ0n) is 13.0. The molecule has 2 aromatic carbocycles. The molecule has 0 fully saturated rings. The number of nitroso groups, excluding NO2 is 1. The summed E-state index contributed by atoms with van der Waals surface area (Å²) < 4.78 is 10.3. The Morgan fingerprint density at radius 3 is 2.09 bits per heavy atom. The van der Waals surface area contributed by atoms with Crippen molar-refractivity contribution in [3.63, 3.8) is 0 Å². The molecule has 0 aromatic heterocycles. The average Bonchev–Trinajstić information content (AvgIpc) is 3.06. The monoisotopic (exact) mass is 311 g/mol. The van der Waals surface area contributed by atoms with Gasteiger partial charge in [-0.25, -0.2) is 0 Å². The number of hydrazone groups is 1. The largest absolute Gasteiger partial charge is 0.497 e. The van der Waals surface area contributed by atoms with Gasteiger partial charge in [-0.2, -0.15) is 5.10 Å². The smallest absolute Gasteiger partial charge is 0.118 e. The number of hydrogen-bond donors (Lipinski definition) is 0. The minimum atomic E-state index is -0.199. The summed E-state index contributed by atoms with van der Waals surface area (Å²) in [6.07, 6.45) is 0.615. The van der Waals surface area contributed by atoms with Crippen LogP contribution in [-0.4, -0.2) is 25.0 Å². The van der Waals surface area contributed by atoms with Gasteiger partial charge in [0.25, 0.3) is 0 Å². The zero-order chi connectivity index (χ0) is 16.2. The van der Waals surface area contributed by atoms with Crippen molar-refractivity contribution in [2.24, 2.45) is 10.4 Å². The predicted octanol–water partition coefficient (Wildman–Crippen LogP) is 3.54. The fraction of sp³-hybridized carbons (Fsp3) is 0.235. The van der Waals surface area contributed by atoms with Gasteiger partial charge in [0.2, 0.25) is 0 Å². The molecule has 0 saturated heterocycles. The minimum absolute atomic E-state index is 0.199. The SMILES string of the molecule is COc1ccc(C2=NN(N=O)C(c3ccc(OC)cc3)C2)cc1. The van der Waals surface area contributed by atoms with Crippen LogP contribution in [0.15, 0.2) is 58.9 Å². The lowest BCUT2D eigenvalue weighted by molar-refractivity contribution is 0.241. The molecule has 0 saturated carbocycles. The number of ether oxygens (including phenoxy) is 2. The first-order valence-electron chi connectivity index (χ1n) is 7.23. The standard InChI is InChI=1S/C17H17N3O3/c1-22-14-7-3-12(4-8-14)16-11-17(20(18-16)19-21)13-5-9-15(23-2)10-6-13/h3-10,17H,11H2,1-2H3. The van der Waals surface area contributed by atoms with Crippen LogP contribution in [0.25, 0.3) is 0 Å². The van der Waals surface area contributed by atoms with Crippen molar-refractivity contribution in [1.82, 2.24) is 5.12 Å². The summed E-state index contributed by atoms with van der Waals surface area (Å²) in [6.45, 7) is 0. The molecule has 0 spiro atoms. The topological polar surface area (TPSA) is 63.5 Å². The molecule has 1 unspecified atom stereocenters. The summed E-state index contributed by atoms with van der Waals surface area (Å²) in [5.74, 6) is 1.55. The lowest BCUT2D eigenvalue weighted by atomic mass is 9.99. The molecule has 1 aliphatic heterocycles. The van der Waals surface area contributed by atoms with Crippen molar-refractivity contribution in [1.29, 1.82) is 0 Å². The molecule has 1 heterocycles. The van der Waals surface area contributed by atoms with Gasteiger partial charge in [-0.3, -0.25) is 0 Å². The second-order valence-corrected chi connectivity index (χ2v) is 5.17. The highest BCUT2D eigenvalue weighted by Gasteiger charge is 2.29. The molecule has 23 heavy (non-hydrogen) atoms. The molecule has 118 valence electrons. The van der Waals surface area contributed by atoms with E-state index in [1.807, 2.05) is 48.5 Å². The Labute approximate surface area is 134 Å². The summed E-state index contributed by atoms with van der Waals surface area (Å²) in [4.78, 5) is 11.1. The Hall–Kier alpha value is -2.89. The number of nitrogens with zero attached hydrogens (tertiary/aromatic N) is 3. The molecule has 3 rings (SSSR count). The van der Waals surface area contributed by atoms with E-state index in [-0.39, 0.29) is 6.04 Å². The van der Waals surface area contributed by atoms with Crippen molar-refractivity contribution in [2.75, 3.05) is 14.2 Å². The van der Waals surface area contributed by atoms with E-state index in [9.17, 15) is 4.91 Å². The summed E-state index contributed by atoms with van der Waals surface area (Å²) in [6, 6.07) is 15.0. The molecule has 6 nitrogen and oxygen atoms in total. The lowest BCUT2D eigenvalue weighted by Crippen LogP contribution is -2.12. The van der Waals surface area contributed by atoms with Crippen molar-refractivity contribution >= 4 is 5.71 Å². The molecule has 0 N–H and O–H groups in total. The third kappa shape index (κ3) is 3.01. The highest BCUT2D eigenvalue weighted by Crippen LogP contribution is 2.33. The highest BCUT2D eigenvalue weighted by atomic mass is 16.5. The summed E-state index contributed by atoms with van der Waals surface area (Å²) in [7, 11) is 3.24. The van der Waals surface area contributed by atoms with Gasteiger partial charge in [0.1, 0.15) is 17.5 Å². The molecule has 0 amide bonds. The van der Waals surface area contributed by atoms with Crippen LogP contribution in [0.3, 0.4) is 0 Å². The van der Waals surface area contributed by atoms with E-state index in [2.05, 4.69) is 10.4 Å². The van der Waals surface area contributed by atoms with Gasteiger partial charge in [-0.05, 0) is 47.5 Å². The maximum atomic E-state index is 11.1. The molecule has 6 heteroatoms. The first-order valence-corrected chi connectivity index (χ1v) is 7.23. The van der Waals surface area contributed by atoms with E-state index in [4.69, 9.17) is 9.47 Å². The van der Waals surface area contributed by atoms with Crippen molar-refractivity contribution in [2.45, 2.75) is 12.5 Å². The molecular weight excluding hydrogens is 294 g/mol. The summed E-state index contributed by atoms with van der Waals surface area (Å²) >= 11 is 0. The van der Waals surface area contributed by atoms with E-state index in [1.165, 1.54) is 5.12 Å². The van der Waals surface area contributed by atoms with Crippen LogP contribution in [-0.2, 0) is 0 Å². The molecule has 2 aromatic rings. The van der Waals surface area contributed by atoms with E-state index in [0.717, 1.165) is 28.3 Å². The first kappa shape index (κ1) is 15.0. The minimum Gasteiger partial charge on any atom is -0.497 e. The molecular formula is C17H17N3O3. The third-order valence-corrected chi connectivity index (χ3v) is 3.90. The number of benzene rings is 2. The van der Waals surface area contributed by atoms with Crippen LogP contribution < -0.4 is 9.47 Å². The van der Waals surface area contributed by atoms with E-state index < -0.39 is 0 Å². The van der Waals surface area contributed by atoms with E-state index in [0.29, 0.717) is 6.42 Å². The molecule has 0 bridgehead atoms. The third-order valence-electron chi connectivity index (χ3n) is 3.90. The van der Waals surface area contributed by atoms with Crippen molar-refractivity contribution < 1.29 is 9.47 Å². The van der Waals surface area contributed by atoms with Gasteiger partial charge in [0.05, 0.1) is 25.2 Å². The molecule has 0 radical (unpaired) electrons.